The van der Waals surface area contributed by atoms with Gasteiger partial charge < -0.3 is 10.5 Å². The molecule has 2 nitrogen and oxygen atoms in total. The zero-order chi connectivity index (χ0) is 14.0. The molecular weight excluding hydrogens is 234 g/mol. The van der Waals surface area contributed by atoms with E-state index in [1.807, 2.05) is 31.2 Å². The van der Waals surface area contributed by atoms with Crippen LogP contribution in [0.5, 0.6) is 5.75 Å². The molecule has 0 aliphatic heterocycles. The molecule has 0 bridgehead atoms. The Morgan fingerprint density at radius 1 is 1.00 bits per heavy atom. The molecule has 19 heavy (non-hydrogen) atoms. The molecule has 0 aliphatic carbocycles. The molecule has 2 heteroatoms. The molecule has 0 fully saturated rings. The summed E-state index contributed by atoms with van der Waals surface area (Å²) in [5.74, 6) is 0.832. The van der Waals surface area contributed by atoms with Gasteiger partial charge in [0.05, 0.1) is 12.6 Å². The van der Waals surface area contributed by atoms with Crippen molar-refractivity contribution in [2.75, 3.05) is 7.11 Å². The van der Waals surface area contributed by atoms with Crippen LogP contribution in [0.25, 0.3) is 0 Å². The number of hydrogen-bond donors (Lipinski definition) is 1. The Morgan fingerprint density at radius 3 is 2.32 bits per heavy atom. The van der Waals surface area contributed by atoms with Gasteiger partial charge in [-0.3, -0.25) is 0 Å². The van der Waals surface area contributed by atoms with E-state index in [0.29, 0.717) is 0 Å². The number of ether oxygens (including phenoxy) is 1. The Labute approximate surface area is 115 Å². The number of aryl methyl sites for hydroxylation is 2. The zero-order valence-corrected chi connectivity index (χ0v) is 12.0. The van der Waals surface area contributed by atoms with Crippen LogP contribution in [0.15, 0.2) is 42.5 Å². The highest BCUT2D eigenvalue weighted by Crippen LogP contribution is 2.35. The van der Waals surface area contributed by atoms with Crippen molar-refractivity contribution in [2.24, 2.45) is 5.73 Å². The highest BCUT2D eigenvalue weighted by atomic mass is 16.5. The van der Waals surface area contributed by atoms with E-state index in [-0.39, 0.29) is 0 Å². The summed E-state index contributed by atoms with van der Waals surface area (Å²) in [4.78, 5) is 0. The first-order valence-electron chi connectivity index (χ1n) is 6.47. The quantitative estimate of drug-likeness (QED) is 0.910. The minimum atomic E-state index is -0.567. The predicted molar refractivity (Wildman–Crippen MR) is 79.6 cm³/mol. The number of benzene rings is 2. The fourth-order valence-electron chi connectivity index (χ4n) is 2.53. The van der Waals surface area contributed by atoms with Crippen molar-refractivity contribution in [2.45, 2.75) is 26.3 Å². The monoisotopic (exact) mass is 255 g/mol. The molecule has 1 unspecified atom stereocenters. The highest BCUT2D eigenvalue weighted by Gasteiger charge is 2.28. The van der Waals surface area contributed by atoms with Gasteiger partial charge in [0.2, 0.25) is 0 Å². The van der Waals surface area contributed by atoms with Gasteiger partial charge in [-0.15, -0.1) is 0 Å². The van der Waals surface area contributed by atoms with Crippen LogP contribution >= 0.6 is 0 Å². The van der Waals surface area contributed by atoms with Gasteiger partial charge in [0.15, 0.2) is 0 Å². The maximum atomic E-state index is 6.63. The number of nitrogens with two attached hydrogens (primary N) is 1. The smallest absolute Gasteiger partial charge is 0.124 e. The Bertz CT molecular complexity index is 588. The van der Waals surface area contributed by atoms with E-state index in [9.17, 15) is 0 Å². The van der Waals surface area contributed by atoms with Gasteiger partial charge in [0, 0.05) is 5.56 Å². The first-order valence-corrected chi connectivity index (χ1v) is 6.47. The van der Waals surface area contributed by atoms with Gasteiger partial charge in [-0.2, -0.15) is 0 Å². The van der Waals surface area contributed by atoms with Crippen LogP contribution in [0.3, 0.4) is 0 Å². The average molecular weight is 255 g/mol. The van der Waals surface area contributed by atoms with Crippen LogP contribution in [0.1, 0.15) is 29.2 Å². The number of hydrogen-bond acceptors (Lipinski definition) is 2. The standard InChI is InChI=1S/C17H21NO/c1-12-9-10-16(19-4)15(11-12)17(3,18)14-8-6-5-7-13(14)2/h5-11H,18H2,1-4H3. The topological polar surface area (TPSA) is 35.2 Å². The molecule has 0 aromatic heterocycles. The van der Waals surface area contributed by atoms with Crippen molar-refractivity contribution in [3.05, 3.63) is 64.7 Å². The maximum absolute atomic E-state index is 6.63. The van der Waals surface area contributed by atoms with Crippen molar-refractivity contribution in [3.63, 3.8) is 0 Å². The molecule has 2 N–H and O–H groups in total. The molecule has 0 amide bonds. The van der Waals surface area contributed by atoms with Gasteiger partial charge in [-0.1, -0.05) is 42.0 Å². The summed E-state index contributed by atoms with van der Waals surface area (Å²) in [6.07, 6.45) is 0. The lowest BCUT2D eigenvalue weighted by Crippen LogP contribution is -2.35. The number of methoxy groups -OCH3 is 1. The van der Waals surface area contributed by atoms with Gasteiger partial charge in [0.1, 0.15) is 5.75 Å². The van der Waals surface area contributed by atoms with E-state index in [0.717, 1.165) is 16.9 Å². The van der Waals surface area contributed by atoms with Crippen LogP contribution in [-0.2, 0) is 5.54 Å². The van der Waals surface area contributed by atoms with E-state index in [4.69, 9.17) is 10.5 Å². The molecule has 0 radical (unpaired) electrons. The van der Waals surface area contributed by atoms with Crippen LogP contribution in [0.4, 0.5) is 0 Å². The van der Waals surface area contributed by atoms with Gasteiger partial charge in [-0.05, 0) is 38.0 Å². The minimum Gasteiger partial charge on any atom is -0.496 e. The highest BCUT2D eigenvalue weighted by molar-refractivity contribution is 5.49. The first-order chi connectivity index (χ1) is 8.96. The van der Waals surface area contributed by atoms with Crippen LogP contribution in [-0.4, -0.2) is 7.11 Å². The second-order valence-corrected chi connectivity index (χ2v) is 5.22. The molecule has 1 atom stereocenters. The van der Waals surface area contributed by atoms with Crippen molar-refractivity contribution in [1.29, 1.82) is 0 Å². The normalized spacial score (nSPS) is 13.9. The molecule has 0 saturated carbocycles. The minimum absolute atomic E-state index is 0.567. The lowest BCUT2D eigenvalue weighted by atomic mass is 9.82. The molecule has 0 saturated heterocycles. The summed E-state index contributed by atoms with van der Waals surface area (Å²) in [6, 6.07) is 14.3. The zero-order valence-electron chi connectivity index (χ0n) is 12.0. The lowest BCUT2D eigenvalue weighted by molar-refractivity contribution is 0.398. The summed E-state index contributed by atoms with van der Waals surface area (Å²) in [5, 5.41) is 0. The summed E-state index contributed by atoms with van der Waals surface area (Å²) in [5.41, 5.74) is 10.6. The van der Waals surface area contributed by atoms with E-state index < -0.39 is 5.54 Å². The summed E-state index contributed by atoms with van der Waals surface area (Å²) in [6.45, 7) is 6.19. The van der Waals surface area contributed by atoms with Gasteiger partial charge in [-0.25, -0.2) is 0 Å². The molecule has 0 heterocycles. The van der Waals surface area contributed by atoms with Crippen molar-refractivity contribution in [1.82, 2.24) is 0 Å². The molecule has 2 aromatic rings. The van der Waals surface area contributed by atoms with E-state index in [1.54, 1.807) is 7.11 Å². The van der Waals surface area contributed by atoms with Crippen molar-refractivity contribution in [3.8, 4) is 5.75 Å². The first kappa shape index (κ1) is 13.6. The largest absolute Gasteiger partial charge is 0.496 e. The predicted octanol–water partition coefficient (Wildman–Crippen LogP) is 3.53. The Hall–Kier alpha value is -1.80. The summed E-state index contributed by atoms with van der Waals surface area (Å²) >= 11 is 0. The molecule has 2 rings (SSSR count). The fraction of sp³-hybridized carbons (Fsp3) is 0.294. The fourth-order valence-corrected chi connectivity index (χ4v) is 2.53. The van der Waals surface area contributed by atoms with E-state index in [2.05, 4.69) is 32.0 Å². The second kappa shape index (κ2) is 5.06. The molecular formula is C17H21NO. The Morgan fingerprint density at radius 2 is 1.68 bits per heavy atom. The second-order valence-electron chi connectivity index (χ2n) is 5.22. The summed E-state index contributed by atoms with van der Waals surface area (Å²) < 4.78 is 5.47. The van der Waals surface area contributed by atoms with Gasteiger partial charge >= 0.3 is 0 Å². The molecule has 100 valence electrons. The van der Waals surface area contributed by atoms with Crippen LogP contribution < -0.4 is 10.5 Å². The molecule has 0 aliphatic rings. The van der Waals surface area contributed by atoms with E-state index >= 15 is 0 Å². The van der Waals surface area contributed by atoms with Crippen molar-refractivity contribution < 1.29 is 4.74 Å². The van der Waals surface area contributed by atoms with Gasteiger partial charge in [0.25, 0.3) is 0 Å². The van der Waals surface area contributed by atoms with Crippen LogP contribution in [0.2, 0.25) is 0 Å². The Balaban J connectivity index is 2.62. The third-order valence-corrected chi connectivity index (χ3v) is 3.62. The Kier molecular flexibility index (Phi) is 3.63. The molecule has 2 aromatic carbocycles. The SMILES string of the molecule is COc1ccc(C)cc1C(C)(N)c1ccccc1C. The third-order valence-electron chi connectivity index (χ3n) is 3.62. The summed E-state index contributed by atoms with van der Waals surface area (Å²) in [7, 11) is 1.68. The van der Waals surface area contributed by atoms with E-state index in [1.165, 1.54) is 11.1 Å². The molecule has 0 spiro atoms. The van der Waals surface area contributed by atoms with Crippen molar-refractivity contribution >= 4 is 0 Å². The van der Waals surface area contributed by atoms with Crippen LogP contribution in [0, 0.1) is 13.8 Å². The third kappa shape index (κ3) is 2.49. The lowest BCUT2D eigenvalue weighted by Gasteiger charge is -2.29. The number of rotatable bonds is 3. The maximum Gasteiger partial charge on any atom is 0.124 e. The average Bonchev–Trinajstić information content (AvgIpc) is 2.39.